The highest BCUT2D eigenvalue weighted by atomic mass is 79.9. The van der Waals surface area contributed by atoms with Crippen LogP contribution in [0.15, 0.2) is 9.76 Å². The van der Waals surface area contributed by atoms with E-state index in [4.69, 9.17) is 30.6 Å². The Balaban J connectivity index is 1.69. The van der Waals surface area contributed by atoms with Gasteiger partial charge < -0.3 is 18.9 Å². The highest BCUT2D eigenvalue weighted by molar-refractivity contribution is 9.10. The summed E-state index contributed by atoms with van der Waals surface area (Å²) in [4.78, 5) is 15.6. The first-order valence-electron chi connectivity index (χ1n) is 11.6. The van der Waals surface area contributed by atoms with Gasteiger partial charge in [-0.3, -0.25) is 0 Å². The molecule has 0 saturated carbocycles. The molecule has 34 heavy (non-hydrogen) atoms. The third-order valence-electron chi connectivity index (χ3n) is 6.68. The lowest BCUT2D eigenvalue weighted by Crippen LogP contribution is -2.41. The van der Waals surface area contributed by atoms with Crippen LogP contribution in [0.25, 0.3) is 10.9 Å². The van der Waals surface area contributed by atoms with Crippen LogP contribution in [0.1, 0.15) is 47.5 Å². The quantitative estimate of drug-likeness (QED) is 0.186. The van der Waals surface area contributed by atoms with Gasteiger partial charge in [0.15, 0.2) is 16.1 Å². The molecule has 0 aliphatic carbocycles. The summed E-state index contributed by atoms with van der Waals surface area (Å²) in [5, 5.41) is 0.811. The predicted octanol–water partition coefficient (Wildman–Crippen LogP) is 5.77. The highest BCUT2D eigenvalue weighted by Crippen LogP contribution is 2.40. The number of thioether (sulfide) groups is 1. The first kappa shape index (κ1) is 26.4. The van der Waals surface area contributed by atoms with Gasteiger partial charge in [-0.05, 0) is 68.5 Å². The van der Waals surface area contributed by atoms with Gasteiger partial charge in [0.05, 0.1) is 29.2 Å². The van der Waals surface area contributed by atoms with Gasteiger partial charge in [-0.25, -0.2) is 19.3 Å². The summed E-state index contributed by atoms with van der Waals surface area (Å²) in [5.41, 5.74) is -0.581. The Morgan fingerprint density at radius 2 is 1.91 bits per heavy atom. The number of fused-ring (bicyclic) bond motifs is 1. The van der Waals surface area contributed by atoms with Crippen LogP contribution in [0.4, 0.5) is 10.2 Å². The summed E-state index contributed by atoms with van der Waals surface area (Å²) >= 11 is 11.0. The van der Waals surface area contributed by atoms with E-state index < -0.39 is 5.82 Å². The Bertz CT molecular complexity index is 1050. The summed E-state index contributed by atoms with van der Waals surface area (Å²) in [6, 6.07) is 0.00439. The van der Waals surface area contributed by atoms with Crippen molar-refractivity contribution in [1.29, 1.82) is 0 Å². The third-order valence-corrected chi connectivity index (χ3v) is 8.24. The van der Waals surface area contributed by atoms with Crippen molar-refractivity contribution in [1.82, 2.24) is 15.0 Å². The third kappa shape index (κ3) is 5.20. The fourth-order valence-corrected chi connectivity index (χ4v) is 5.61. The number of anilines is 1. The van der Waals surface area contributed by atoms with Crippen LogP contribution in [-0.2, 0) is 14.0 Å². The molecule has 2 aromatic rings. The van der Waals surface area contributed by atoms with Crippen LogP contribution in [-0.4, -0.2) is 64.8 Å². The van der Waals surface area contributed by atoms with E-state index in [1.807, 2.05) is 6.92 Å². The first-order valence-corrected chi connectivity index (χ1v) is 13.7. The van der Waals surface area contributed by atoms with Crippen molar-refractivity contribution in [3.8, 4) is 0 Å². The Labute approximate surface area is 218 Å². The van der Waals surface area contributed by atoms with Crippen molar-refractivity contribution in [3.05, 3.63) is 15.6 Å². The first-order chi connectivity index (χ1) is 16.0. The van der Waals surface area contributed by atoms with E-state index in [1.54, 1.807) is 0 Å². The lowest BCUT2D eigenvalue weighted by molar-refractivity contribution is 0.00578. The average molecular weight is 576 g/mol. The number of rotatable bonds is 6. The molecule has 2 saturated heterocycles. The smallest absolute Gasteiger partial charge is 0.403 e. The Morgan fingerprint density at radius 1 is 1.21 bits per heavy atom. The second kappa shape index (κ2) is 10.3. The number of ether oxygens (including phenoxy) is 1. The maximum absolute atomic E-state index is 15.0. The minimum atomic E-state index is -0.638. The molecule has 1 atom stereocenters. The van der Waals surface area contributed by atoms with Gasteiger partial charge in [0.2, 0.25) is 0 Å². The number of nitrogens with zero attached hydrogens (tertiary/aromatic N) is 4. The SMILES string of the molecule is CCSc1nc(N2CCCOC[C@@H]2CCB2OC(C)(C)C(C)(C)O2)c2c(Br)nc(Cl)c(F)c2n1. The maximum atomic E-state index is 15.0. The maximum Gasteiger partial charge on any atom is 0.457 e. The molecule has 2 aromatic heterocycles. The molecule has 2 fully saturated rings. The van der Waals surface area contributed by atoms with E-state index in [1.165, 1.54) is 11.8 Å². The van der Waals surface area contributed by atoms with Crippen molar-refractivity contribution < 1.29 is 18.4 Å². The summed E-state index contributed by atoms with van der Waals surface area (Å²) in [7, 11) is -0.298. The van der Waals surface area contributed by atoms with Gasteiger partial charge in [0, 0.05) is 13.2 Å². The number of hydrogen-bond acceptors (Lipinski definition) is 8. The van der Waals surface area contributed by atoms with E-state index in [0.717, 1.165) is 18.6 Å². The van der Waals surface area contributed by atoms with Crippen LogP contribution in [0.2, 0.25) is 11.5 Å². The van der Waals surface area contributed by atoms with E-state index >= 15 is 4.39 Å². The van der Waals surface area contributed by atoms with Gasteiger partial charge in [-0.2, -0.15) is 0 Å². The molecule has 4 heterocycles. The van der Waals surface area contributed by atoms with Crippen molar-refractivity contribution in [2.24, 2.45) is 0 Å². The van der Waals surface area contributed by atoms with Gasteiger partial charge in [0.25, 0.3) is 0 Å². The molecular formula is C22H30BBrClFN4O3S. The van der Waals surface area contributed by atoms with Crippen molar-refractivity contribution >= 4 is 63.1 Å². The second-order valence-corrected chi connectivity index (χ2v) is 11.9. The van der Waals surface area contributed by atoms with Gasteiger partial charge in [0.1, 0.15) is 15.9 Å². The van der Waals surface area contributed by atoms with Crippen LogP contribution >= 0.6 is 39.3 Å². The molecule has 0 bridgehead atoms. The van der Waals surface area contributed by atoms with Crippen molar-refractivity contribution in [2.45, 2.75) is 76.2 Å². The minimum Gasteiger partial charge on any atom is -0.403 e. The number of hydrogen-bond donors (Lipinski definition) is 0. The molecule has 0 spiro atoms. The van der Waals surface area contributed by atoms with Gasteiger partial charge in [-0.1, -0.05) is 30.3 Å². The fraction of sp³-hybridized carbons (Fsp3) is 0.682. The van der Waals surface area contributed by atoms with Crippen LogP contribution in [0, 0.1) is 5.82 Å². The van der Waals surface area contributed by atoms with Crippen molar-refractivity contribution in [2.75, 3.05) is 30.4 Å². The Kier molecular flexibility index (Phi) is 8.01. The Hall–Kier alpha value is -0.715. The van der Waals surface area contributed by atoms with Gasteiger partial charge >= 0.3 is 7.12 Å². The van der Waals surface area contributed by atoms with Gasteiger partial charge in [-0.15, -0.1) is 0 Å². The standard InChI is InChI=1S/C22H30BBrClFN4O3S/c1-6-34-20-27-16-14(17(24)28-18(25)15(16)26)19(29-20)30-10-7-11-31-12-13(30)8-9-23-32-21(2,3)22(4,5)33-23/h13H,6-12H2,1-5H3/t13-/m0/s1. The lowest BCUT2D eigenvalue weighted by atomic mass is 9.81. The van der Waals surface area contributed by atoms with E-state index in [2.05, 4.69) is 58.5 Å². The molecule has 0 radical (unpaired) electrons. The molecule has 12 heteroatoms. The normalized spacial score (nSPS) is 22.4. The number of halogens is 3. The van der Waals surface area contributed by atoms with Crippen LogP contribution in [0.5, 0.6) is 0 Å². The Morgan fingerprint density at radius 3 is 2.59 bits per heavy atom. The molecule has 2 aliphatic rings. The monoisotopic (exact) mass is 574 g/mol. The van der Waals surface area contributed by atoms with Crippen LogP contribution in [0.3, 0.4) is 0 Å². The molecular weight excluding hydrogens is 546 g/mol. The average Bonchev–Trinajstić information content (AvgIpc) is 2.90. The largest absolute Gasteiger partial charge is 0.457 e. The number of pyridine rings is 1. The zero-order valence-corrected chi connectivity index (χ0v) is 23.3. The number of aromatic nitrogens is 3. The summed E-state index contributed by atoms with van der Waals surface area (Å²) in [6.45, 7) is 12.1. The second-order valence-electron chi connectivity index (χ2n) is 9.53. The molecule has 0 aromatic carbocycles. The van der Waals surface area contributed by atoms with E-state index in [9.17, 15) is 0 Å². The molecule has 186 valence electrons. The van der Waals surface area contributed by atoms with E-state index in [-0.39, 0.29) is 35.0 Å². The lowest BCUT2D eigenvalue weighted by Gasteiger charge is -2.32. The summed E-state index contributed by atoms with van der Waals surface area (Å²) in [6.07, 6.45) is 2.30. The molecule has 2 aliphatic heterocycles. The molecule has 4 rings (SSSR count). The molecule has 7 nitrogen and oxygen atoms in total. The van der Waals surface area contributed by atoms with Crippen LogP contribution < -0.4 is 4.90 Å². The topological polar surface area (TPSA) is 69.6 Å². The molecule has 0 N–H and O–H groups in total. The zero-order valence-electron chi connectivity index (χ0n) is 20.2. The van der Waals surface area contributed by atoms with Crippen molar-refractivity contribution in [3.63, 3.8) is 0 Å². The van der Waals surface area contributed by atoms with E-state index in [0.29, 0.717) is 47.0 Å². The molecule has 0 unspecified atom stereocenters. The summed E-state index contributed by atoms with van der Waals surface area (Å²) in [5.74, 6) is 0.766. The fourth-order valence-electron chi connectivity index (χ4n) is 4.23. The minimum absolute atomic E-state index is 0.00439. The summed E-state index contributed by atoms with van der Waals surface area (Å²) < 4.78 is 33.8. The predicted molar refractivity (Wildman–Crippen MR) is 138 cm³/mol. The zero-order chi connectivity index (χ0) is 24.7. The molecule has 0 amide bonds. The highest BCUT2D eigenvalue weighted by Gasteiger charge is 2.50.